The van der Waals surface area contributed by atoms with Gasteiger partial charge >= 0.3 is 0 Å². The van der Waals surface area contributed by atoms with Gasteiger partial charge in [-0.05, 0) is 36.6 Å². The predicted molar refractivity (Wildman–Crippen MR) is 101 cm³/mol. The average Bonchev–Trinajstić information content (AvgIpc) is 2.56. The molecule has 1 heterocycles. The standard InChI is InChI=1S/C20H31NO5/c1-14(25-13-24-12-11-22-5)18-17(20(2,3)4)19(26-18)21-15-7-9-16(23-6)10-8-15/h7-10,14,17-18H,11-13H2,1-6H3/t14-,17+,18+/m0/s1. The van der Waals surface area contributed by atoms with Crippen molar-refractivity contribution in [2.24, 2.45) is 16.3 Å². The summed E-state index contributed by atoms with van der Waals surface area (Å²) in [5.74, 6) is 1.74. The van der Waals surface area contributed by atoms with Crippen molar-refractivity contribution in [1.82, 2.24) is 0 Å². The van der Waals surface area contributed by atoms with Gasteiger partial charge in [0.1, 0.15) is 18.6 Å². The summed E-state index contributed by atoms with van der Waals surface area (Å²) >= 11 is 0. The minimum Gasteiger partial charge on any atom is -0.497 e. The number of ether oxygens (including phenoxy) is 5. The van der Waals surface area contributed by atoms with Gasteiger partial charge < -0.3 is 23.7 Å². The van der Waals surface area contributed by atoms with E-state index in [9.17, 15) is 0 Å². The largest absolute Gasteiger partial charge is 0.497 e. The number of nitrogens with zero attached hydrogens (tertiary/aromatic N) is 1. The van der Waals surface area contributed by atoms with Gasteiger partial charge in [0.2, 0.25) is 0 Å². The van der Waals surface area contributed by atoms with E-state index >= 15 is 0 Å². The quantitative estimate of drug-likeness (QED) is 0.492. The molecule has 0 radical (unpaired) electrons. The van der Waals surface area contributed by atoms with E-state index < -0.39 is 0 Å². The lowest BCUT2D eigenvalue weighted by atomic mass is 9.72. The second kappa shape index (κ2) is 9.35. The van der Waals surface area contributed by atoms with Gasteiger partial charge in [0, 0.05) is 7.11 Å². The number of hydrogen-bond acceptors (Lipinski definition) is 6. The van der Waals surface area contributed by atoms with Crippen LogP contribution in [0, 0.1) is 11.3 Å². The van der Waals surface area contributed by atoms with E-state index in [0.717, 1.165) is 17.3 Å². The van der Waals surface area contributed by atoms with Crippen molar-refractivity contribution in [2.75, 3.05) is 34.2 Å². The number of benzene rings is 1. The molecular weight excluding hydrogens is 334 g/mol. The van der Waals surface area contributed by atoms with Crippen LogP contribution in [0.1, 0.15) is 27.7 Å². The molecule has 1 aromatic rings. The van der Waals surface area contributed by atoms with Gasteiger partial charge in [0.25, 0.3) is 0 Å². The van der Waals surface area contributed by atoms with E-state index in [2.05, 4.69) is 25.8 Å². The lowest BCUT2D eigenvalue weighted by molar-refractivity contribution is -0.152. The molecule has 3 atom stereocenters. The summed E-state index contributed by atoms with van der Waals surface area (Å²) in [6, 6.07) is 7.63. The van der Waals surface area contributed by atoms with Crippen molar-refractivity contribution in [3.8, 4) is 5.75 Å². The maximum absolute atomic E-state index is 5.99. The van der Waals surface area contributed by atoms with Crippen molar-refractivity contribution < 1.29 is 23.7 Å². The van der Waals surface area contributed by atoms with Crippen LogP contribution in [0.25, 0.3) is 0 Å². The van der Waals surface area contributed by atoms with Crippen LogP contribution in [0.4, 0.5) is 5.69 Å². The fraction of sp³-hybridized carbons (Fsp3) is 0.650. The maximum Gasteiger partial charge on any atom is 0.196 e. The van der Waals surface area contributed by atoms with Crippen LogP contribution in [-0.2, 0) is 18.9 Å². The number of aliphatic imine (C=N–C) groups is 1. The van der Waals surface area contributed by atoms with E-state index in [-0.39, 0.29) is 30.3 Å². The zero-order chi connectivity index (χ0) is 19.2. The van der Waals surface area contributed by atoms with Gasteiger partial charge in [0.15, 0.2) is 5.90 Å². The summed E-state index contributed by atoms with van der Waals surface area (Å²) in [4.78, 5) is 4.68. The zero-order valence-electron chi connectivity index (χ0n) is 16.7. The first kappa shape index (κ1) is 20.7. The van der Waals surface area contributed by atoms with Crippen LogP contribution in [-0.4, -0.2) is 52.3 Å². The van der Waals surface area contributed by atoms with Crippen LogP contribution in [0.5, 0.6) is 5.75 Å². The molecule has 1 aromatic carbocycles. The third-order valence-corrected chi connectivity index (χ3v) is 4.40. The molecule has 0 bridgehead atoms. The Morgan fingerprint density at radius 3 is 2.38 bits per heavy atom. The highest BCUT2D eigenvalue weighted by Crippen LogP contribution is 2.42. The Kier molecular flexibility index (Phi) is 7.43. The predicted octanol–water partition coefficient (Wildman–Crippen LogP) is 3.81. The molecular formula is C20H31NO5. The van der Waals surface area contributed by atoms with Crippen molar-refractivity contribution in [2.45, 2.75) is 39.9 Å². The van der Waals surface area contributed by atoms with Crippen molar-refractivity contribution in [1.29, 1.82) is 0 Å². The smallest absolute Gasteiger partial charge is 0.196 e. The van der Waals surface area contributed by atoms with E-state index in [4.69, 9.17) is 23.7 Å². The fourth-order valence-corrected chi connectivity index (χ4v) is 2.91. The number of methoxy groups -OCH3 is 2. The monoisotopic (exact) mass is 365 g/mol. The van der Waals surface area contributed by atoms with Crippen molar-refractivity contribution in [3.63, 3.8) is 0 Å². The molecule has 0 N–H and O–H groups in total. The third kappa shape index (κ3) is 5.43. The Morgan fingerprint density at radius 2 is 1.81 bits per heavy atom. The van der Waals surface area contributed by atoms with Gasteiger partial charge in [-0.1, -0.05) is 20.8 Å². The summed E-state index contributed by atoms with van der Waals surface area (Å²) in [6.07, 6.45) is -0.130. The summed E-state index contributed by atoms with van der Waals surface area (Å²) < 4.78 is 27.3. The summed E-state index contributed by atoms with van der Waals surface area (Å²) in [5.41, 5.74) is 0.868. The van der Waals surface area contributed by atoms with Gasteiger partial charge in [0.05, 0.1) is 38.0 Å². The first-order valence-electron chi connectivity index (χ1n) is 8.94. The van der Waals surface area contributed by atoms with Gasteiger partial charge in [-0.25, -0.2) is 4.99 Å². The molecule has 1 aliphatic rings. The Labute approximate surface area is 156 Å². The van der Waals surface area contributed by atoms with Crippen molar-refractivity contribution >= 4 is 11.6 Å². The molecule has 0 spiro atoms. The Bertz CT molecular complexity index is 579. The highest BCUT2D eigenvalue weighted by Gasteiger charge is 2.50. The molecule has 0 aromatic heterocycles. The van der Waals surface area contributed by atoms with E-state index in [1.807, 2.05) is 31.2 Å². The van der Waals surface area contributed by atoms with Crippen LogP contribution >= 0.6 is 0 Å². The van der Waals surface area contributed by atoms with Crippen LogP contribution in [0.15, 0.2) is 29.3 Å². The molecule has 2 rings (SSSR count). The summed E-state index contributed by atoms with van der Waals surface area (Å²) in [7, 11) is 3.29. The molecule has 0 unspecified atom stereocenters. The lowest BCUT2D eigenvalue weighted by Gasteiger charge is -2.47. The molecule has 26 heavy (non-hydrogen) atoms. The Morgan fingerprint density at radius 1 is 1.12 bits per heavy atom. The molecule has 0 aliphatic carbocycles. The van der Waals surface area contributed by atoms with Crippen LogP contribution < -0.4 is 4.74 Å². The molecule has 6 heteroatoms. The van der Waals surface area contributed by atoms with Crippen LogP contribution in [0.3, 0.4) is 0 Å². The molecule has 0 saturated carbocycles. The SMILES string of the molecule is COCCOCO[C@@H](C)[C@H]1OC(=Nc2ccc(OC)cc2)[C@@H]1C(C)(C)C. The Balaban J connectivity index is 1.98. The lowest BCUT2D eigenvalue weighted by Crippen LogP contribution is -2.57. The van der Waals surface area contributed by atoms with E-state index in [1.165, 1.54) is 0 Å². The molecule has 6 nitrogen and oxygen atoms in total. The van der Waals surface area contributed by atoms with Crippen molar-refractivity contribution in [3.05, 3.63) is 24.3 Å². The van der Waals surface area contributed by atoms with Gasteiger partial charge in [-0.15, -0.1) is 0 Å². The molecule has 1 saturated heterocycles. The van der Waals surface area contributed by atoms with Crippen LogP contribution in [0.2, 0.25) is 0 Å². The highest BCUT2D eigenvalue weighted by atomic mass is 16.7. The van der Waals surface area contributed by atoms with E-state index in [0.29, 0.717) is 13.2 Å². The number of rotatable bonds is 9. The third-order valence-electron chi connectivity index (χ3n) is 4.40. The van der Waals surface area contributed by atoms with E-state index in [1.54, 1.807) is 14.2 Å². The average molecular weight is 365 g/mol. The van der Waals surface area contributed by atoms with Gasteiger partial charge in [-0.3, -0.25) is 0 Å². The van der Waals surface area contributed by atoms with Gasteiger partial charge in [-0.2, -0.15) is 0 Å². The minimum atomic E-state index is -0.0865. The Hall–Kier alpha value is -1.63. The molecule has 0 amide bonds. The number of hydrogen-bond donors (Lipinski definition) is 0. The maximum atomic E-state index is 5.99. The zero-order valence-corrected chi connectivity index (χ0v) is 16.7. The molecule has 146 valence electrons. The second-order valence-corrected chi connectivity index (χ2v) is 7.46. The minimum absolute atomic E-state index is 0.0166. The normalized spacial score (nSPS) is 22.6. The topological polar surface area (TPSA) is 58.5 Å². The first-order chi connectivity index (χ1) is 12.4. The summed E-state index contributed by atoms with van der Waals surface area (Å²) in [6.45, 7) is 9.89. The highest BCUT2D eigenvalue weighted by molar-refractivity contribution is 5.87. The first-order valence-corrected chi connectivity index (χ1v) is 8.94. The second-order valence-electron chi connectivity index (χ2n) is 7.46. The summed E-state index contributed by atoms with van der Waals surface area (Å²) in [5, 5.41) is 0. The molecule has 1 aliphatic heterocycles. The molecule has 1 fully saturated rings. The fourth-order valence-electron chi connectivity index (χ4n) is 2.91.